The highest BCUT2D eigenvalue weighted by Gasteiger charge is 2.22. The molecular weight excluding hydrogens is 211 g/mol. The predicted octanol–water partition coefficient (Wildman–Crippen LogP) is 2.61. The minimum absolute atomic E-state index is 0.217. The molecule has 0 spiro atoms. The Labute approximate surface area is 93.9 Å². The number of hydrogen-bond acceptors (Lipinski definition) is 2. The highest BCUT2D eigenvalue weighted by molar-refractivity contribution is 5.68. The van der Waals surface area contributed by atoms with Gasteiger partial charge in [0, 0.05) is 5.92 Å². The van der Waals surface area contributed by atoms with Crippen LogP contribution in [-0.2, 0) is 4.79 Å². The molecule has 1 aromatic rings. The Bertz CT molecular complexity index is 363. The zero-order valence-corrected chi connectivity index (χ0v) is 9.31. The summed E-state index contributed by atoms with van der Waals surface area (Å²) in [5.74, 6) is -1.03. The maximum Gasteiger partial charge on any atom is 0.304 e. The molecule has 0 aliphatic carbocycles. The van der Waals surface area contributed by atoms with Crippen LogP contribution < -0.4 is 4.74 Å². The first-order valence-electron chi connectivity index (χ1n) is 5.04. The van der Waals surface area contributed by atoms with Gasteiger partial charge in [-0.15, -0.1) is 0 Å². The second-order valence-corrected chi connectivity index (χ2v) is 3.66. The van der Waals surface area contributed by atoms with E-state index in [1.54, 1.807) is 24.3 Å². The van der Waals surface area contributed by atoms with Crippen LogP contribution >= 0.6 is 0 Å². The third kappa shape index (κ3) is 3.22. The molecule has 0 radical (unpaired) electrons. The molecule has 88 valence electrons. The number of carboxylic acid groups (broad SMARTS) is 1. The van der Waals surface area contributed by atoms with Gasteiger partial charge in [0.25, 0.3) is 0 Å². The molecular formula is C12H15FO3. The second kappa shape index (κ2) is 5.49. The van der Waals surface area contributed by atoms with Crippen molar-refractivity contribution in [1.82, 2.24) is 0 Å². The lowest BCUT2D eigenvalue weighted by atomic mass is 9.92. The highest BCUT2D eigenvalue weighted by Crippen LogP contribution is 2.28. The Hall–Kier alpha value is -1.58. The van der Waals surface area contributed by atoms with Crippen LogP contribution in [0, 0.1) is 0 Å². The first-order chi connectivity index (χ1) is 7.54. The molecule has 1 N–H and O–H groups in total. The number of hydrogen-bond donors (Lipinski definition) is 1. The fourth-order valence-corrected chi connectivity index (χ4v) is 1.61. The van der Waals surface area contributed by atoms with Crippen LogP contribution in [0.3, 0.4) is 0 Å². The molecule has 16 heavy (non-hydrogen) atoms. The summed E-state index contributed by atoms with van der Waals surface area (Å²) < 4.78 is 18.4. The molecule has 4 heteroatoms. The highest BCUT2D eigenvalue weighted by atomic mass is 19.1. The monoisotopic (exact) mass is 226 g/mol. The SMILES string of the molecule is COc1cccc(C(CC(=O)O)C(C)F)c1. The van der Waals surface area contributed by atoms with E-state index in [0.29, 0.717) is 11.3 Å². The number of benzene rings is 1. The smallest absolute Gasteiger partial charge is 0.304 e. The summed E-state index contributed by atoms with van der Waals surface area (Å²) in [6, 6.07) is 6.85. The van der Waals surface area contributed by atoms with E-state index in [1.807, 2.05) is 0 Å². The van der Waals surface area contributed by atoms with Gasteiger partial charge in [-0.05, 0) is 24.6 Å². The summed E-state index contributed by atoms with van der Waals surface area (Å²) in [6.07, 6.45) is -1.42. The standard InChI is InChI=1S/C12H15FO3/c1-8(13)11(7-12(14)15)9-4-3-5-10(6-9)16-2/h3-6,8,11H,7H2,1-2H3,(H,14,15). The summed E-state index contributed by atoms with van der Waals surface area (Å²) in [4.78, 5) is 10.6. The zero-order valence-electron chi connectivity index (χ0n) is 9.31. The second-order valence-electron chi connectivity index (χ2n) is 3.66. The lowest BCUT2D eigenvalue weighted by Gasteiger charge is -2.17. The average Bonchev–Trinajstić information content (AvgIpc) is 2.25. The Morgan fingerprint density at radius 1 is 1.56 bits per heavy atom. The lowest BCUT2D eigenvalue weighted by molar-refractivity contribution is -0.137. The largest absolute Gasteiger partial charge is 0.497 e. The molecule has 0 amide bonds. The molecule has 2 atom stereocenters. The van der Waals surface area contributed by atoms with Crippen molar-refractivity contribution in [2.75, 3.05) is 7.11 Å². The van der Waals surface area contributed by atoms with Gasteiger partial charge in [-0.1, -0.05) is 12.1 Å². The predicted molar refractivity (Wildman–Crippen MR) is 58.6 cm³/mol. The van der Waals surface area contributed by atoms with Crippen LogP contribution in [0.5, 0.6) is 5.75 Å². The normalized spacial score (nSPS) is 14.2. The first-order valence-corrected chi connectivity index (χ1v) is 5.04. The number of ether oxygens (including phenoxy) is 1. The van der Waals surface area contributed by atoms with E-state index in [0.717, 1.165) is 0 Å². The molecule has 0 saturated heterocycles. The van der Waals surface area contributed by atoms with E-state index < -0.39 is 18.1 Å². The van der Waals surface area contributed by atoms with E-state index in [1.165, 1.54) is 14.0 Å². The number of methoxy groups -OCH3 is 1. The summed E-state index contributed by atoms with van der Waals surface area (Å²) in [6.45, 7) is 1.37. The molecule has 0 saturated carbocycles. The van der Waals surface area contributed by atoms with Crippen LogP contribution in [0.2, 0.25) is 0 Å². The van der Waals surface area contributed by atoms with Crippen molar-refractivity contribution >= 4 is 5.97 Å². The average molecular weight is 226 g/mol. The summed E-state index contributed by atoms with van der Waals surface area (Å²) in [7, 11) is 1.52. The molecule has 1 aromatic carbocycles. The van der Waals surface area contributed by atoms with Crippen molar-refractivity contribution in [1.29, 1.82) is 0 Å². The van der Waals surface area contributed by atoms with Crippen molar-refractivity contribution in [3.63, 3.8) is 0 Å². The van der Waals surface area contributed by atoms with E-state index in [9.17, 15) is 9.18 Å². The van der Waals surface area contributed by atoms with Crippen LogP contribution in [0.1, 0.15) is 24.8 Å². The van der Waals surface area contributed by atoms with Gasteiger partial charge in [0.15, 0.2) is 0 Å². The molecule has 0 aromatic heterocycles. The van der Waals surface area contributed by atoms with Crippen molar-refractivity contribution in [3.8, 4) is 5.75 Å². The van der Waals surface area contributed by atoms with Gasteiger partial charge >= 0.3 is 5.97 Å². The van der Waals surface area contributed by atoms with Crippen LogP contribution in [0.25, 0.3) is 0 Å². The van der Waals surface area contributed by atoms with Crippen LogP contribution in [-0.4, -0.2) is 24.4 Å². The quantitative estimate of drug-likeness (QED) is 0.839. The van der Waals surface area contributed by atoms with Gasteiger partial charge < -0.3 is 9.84 Å². The third-order valence-electron chi connectivity index (χ3n) is 2.47. The van der Waals surface area contributed by atoms with Gasteiger partial charge in [0.1, 0.15) is 11.9 Å². The summed E-state index contributed by atoms with van der Waals surface area (Å²) in [5.41, 5.74) is 0.650. The zero-order chi connectivity index (χ0) is 12.1. The van der Waals surface area contributed by atoms with E-state index in [4.69, 9.17) is 9.84 Å². The van der Waals surface area contributed by atoms with E-state index >= 15 is 0 Å². The Balaban J connectivity index is 2.95. The number of carboxylic acids is 1. The molecule has 0 fully saturated rings. The van der Waals surface area contributed by atoms with Crippen molar-refractivity contribution < 1.29 is 19.0 Å². The van der Waals surface area contributed by atoms with Crippen molar-refractivity contribution in [2.24, 2.45) is 0 Å². The number of aliphatic carboxylic acids is 1. The number of rotatable bonds is 5. The first kappa shape index (κ1) is 12.5. The fourth-order valence-electron chi connectivity index (χ4n) is 1.61. The van der Waals surface area contributed by atoms with Crippen molar-refractivity contribution in [2.45, 2.75) is 25.4 Å². The summed E-state index contributed by atoms with van der Waals surface area (Å²) >= 11 is 0. The molecule has 0 heterocycles. The Kier molecular flexibility index (Phi) is 4.28. The van der Waals surface area contributed by atoms with Crippen LogP contribution in [0.4, 0.5) is 4.39 Å². The topological polar surface area (TPSA) is 46.5 Å². The van der Waals surface area contributed by atoms with Crippen molar-refractivity contribution in [3.05, 3.63) is 29.8 Å². The molecule has 1 rings (SSSR count). The number of carbonyl (C=O) groups is 1. The van der Waals surface area contributed by atoms with Gasteiger partial charge in [-0.2, -0.15) is 0 Å². The van der Waals surface area contributed by atoms with Gasteiger partial charge in [-0.25, -0.2) is 4.39 Å². The number of halogens is 1. The Morgan fingerprint density at radius 2 is 2.25 bits per heavy atom. The van der Waals surface area contributed by atoms with Gasteiger partial charge in [0.2, 0.25) is 0 Å². The molecule has 0 bridgehead atoms. The molecule has 0 aliphatic rings. The molecule has 3 nitrogen and oxygen atoms in total. The van der Waals surface area contributed by atoms with Gasteiger partial charge in [0.05, 0.1) is 13.5 Å². The van der Waals surface area contributed by atoms with E-state index in [2.05, 4.69) is 0 Å². The molecule has 0 aliphatic heterocycles. The van der Waals surface area contributed by atoms with Crippen LogP contribution in [0.15, 0.2) is 24.3 Å². The molecule has 2 unspecified atom stereocenters. The third-order valence-corrected chi connectivity index (χ3v) is 2.47. The Morgan fingerprint density at radius 3 is 2.75 bits per heavy atom. The maximum absolute atomic E-state index is 13.3. The maximum atomic E-state index is 13.3. The lowest BCUT2D eigenvalue weighted by Crippen LogP contribution is -2.15. The summed E-state index contributed by atoms with van der Waals surface area (Å²) in [5, 5.41) is 8.72. The van der Waals surface area contributed by atoms with Gasteiger partial charge in [-0.3, -0.25) is 4.79 Å². The minimum atomic E-state index is -1.21. The van der Waals surface area contributed by atoms with E-state index in [-0.39, 0.29) is 6.42 Å². The minimum Gasteiger partial charge on any atom is -0.497 e. The number of alkyl halides is 1. The fraction of sp³-hybridized carbons (Fsp3) is 0.417.